The molecule has 0 fully saturated rings. The molecule has 102 valence electrons. The van der Waals surface area contributed by atoms with E-state index >= 15 is 0 Å². The van der Waals surface area contributed by atoms with E-state index in [0.717, 1.165) is 35.4 Å². The number of thiazole rings is 1. The van der Waals surface area contributed by atoms with Gasteiger partial charge in [-0.25, -0.2) is 4.98 Å². The zero-order valence-electron chi connectivity index (χ0n) is 11.4. The molecule has 19 heavy (non-hydrogen) atoms. The molecule has 0 saturated carbocycles. The second kappa shape index (κ2) is 7.17. The van der Waals surface area contributed by atoms with Gasteiger partial charge in [-0.05, 0) is 25.5 Å². The predicted octanol–water partition coefficient (Wildman–Crippen LogP) is 4.63. The van der Waals surface area contributed by atoms with Crippen LogP contribution in [0, 0.1) is 0 Å². The van der Waals surface area contributed by atoms with Crippen LogP contribution in [0.1, 0.15) is 30.8 Å². The SMILES string of the molecule is CCCNCc1sc(-c2ccccc2Br)nc1CC. The fraction of sp³-hybridized carbons (Fsp3) is 0.400. The summed E-state index contributed by atoms with van der Waals surface area (Å²) in [5, 5.41) is 4.57. The van der Waals surface area contributed by atoms with Crippen molar-refractivity contribution in [2.45, 2.75) is 33.2 Å². The number of hydrogen-bond acceptors (Lipinski definition) is 3. The Balaban J connectivity index is 2.25. The number of rotatable bonds is 6. The lowest BCUT2D eigenvalue weighted by Gasteiger charge is -2.01. The first-order valence-corrected chi connectivity index (χ1v) is 8.31. The van der Waals surface area contributed by atoms with Gasteiger partial charge in [-0.15, -0.1) is 11.3 Å². The number of hydrogen-bond donors (Lipinski definition) is 1. The molecule has 2 rings (SSSR count). The molecule has 0 saturated heterocycles. The molecule has 0 atom stereocenters. The van der Waals surface area contributed by atoms with Gasteiger partial charge in [0.15, 0.2) is 0 Å². The fourth-order valence-corrected chi connectivity index (χ4v) is 3.69. The first-order chi connectivity index (χ1) is 9.26. The van der Waals surface area contributed by atoms with Gasteiger partial charge in [0.25, 0.3) is 0 Å². The second-order valence-corrected chi connectivity index (χ2v) is 6.34. The highest BCUT2D eigenvalue weighted by Gasteiger charge is 2.12. The van der Waals surface area contributed by atoms with Crippen molar-refractivity contribution in [3.8, 4) is 10.6 Å². The molecule has 0 spiro atoms. The van der Waals surface area contributed by atoms with Crippen molar-refractivity contribution in [1.82, 2.24) is 10.3 Å². The Morgan fingerprint density at radius 3 is 2.74 bits per heavy atom. The molecule has 1 aromatic carbocycles. The van der Waals surface area contributed by atoms with Crippen molar-refractivity contribution >= 4 is 27.3 Å². The molecule has 0 radical (unpaired) electrons. The van der Waals surface area contributed by atoms with E-state index in [2.05, 4.69) is 53.3 Å². The summed E-state index contributed by atoms with van der Waals surface area (Å²) in [7, 11) is 0. The van der Waals surface area contributed by atoms with Crippen molar-refractivity contribution in [1.29, 1.82) is 0 Å². The monoisotopic (exact) mass is 338 g/mol. The summed E-state index contributed by atoms with van der Waals surface area (Å²) >= 11 is 5.40. The third-order valence-electron chi connectivity index (χ3n) is 2.93. The summed E-state index contributed by atoms with van der Waals surface area (Å²) in [4.78, 5) is 6.15. The Morgan fingerprint density at radius 2 is 2.05 bits per heavy atom. The highest BCUT2D eigenvalue weighted by Crippen LogP contribution is 2.33. The van der Waals surface area contributed by atoms with E-state index in [0.29, 0.717) is 0 Å². The zero-order chi connectivity index (χ0) is 13.7. The minimum Gasteiger partial charge on any atom is -0.312 e. The average molecular weight is 339 g/mol. The summed E-state index contributed by atoms with van der Waals surface area (Å²) in [6, 6.07) is 8.27. The average Bonchev–Trinajstić information content (AvgIpc) is 2.83. The van der Waals surface area contributed by atoms with Crippen molar-refractivity contribution in [2.24, 2.45) is 0 Å². The van der Waals surface area contributed by atoms with Gasteiger partial charge in [0.2, 0.25) is 0 Å². The summed E-state index contributed by atoms with van der Waals surface area (Å²) < 4.78 is 1.11. The molecule has 2 aromatic rings. The van der Waals surface area contributed by atoms with Crippen LogP contribution in [0.25, 0.3) is 10.6 Å². The molecule has 0 bridgehead atoms. The molecule has 1 heterocycles. The third kappa shape index (κ3) is 3.65. The Morgan fingerprint density at radius 1 is 1.26 bits per heavy atom. The standard InChI is InChI=1S/C15H19BrN2S/c1-3-9-17-10-14-13(4-2)18-15(19-14)11-7-5-6-8-12(11)16/h5-8,17H,3-4,9-10H2,1-2H3. The van der Waals surface area contributed by atoms with Gasteiger partial charge < -0.3 is 5.32 Å². The first-order valence-electron chi connectivity index (χ1n) is 6.70. The molecule has 0 aliphatic rings. The van der Waals surface area contributed by atoms with Crippen LogP contribution in [0.4, 0.5) is 0 Å². The minimum absolute atomic E-state index is 0.930. The molecule has 1 aromatic heterocycles. The highest BCUT2D eigenvalue weighted by atomic mass is 79.9. The quantitative estimate of drug-likeness (QED) is 0.776. The van der Waals surface area contributed by atoms with Gasteiger partial charge in [0.1, 0.15) is 5.01 Å². The Hall–Kier alpha value is -0.710. The number of nitrogens with one attached hydrogen (secondary N) is 1. The molecule has 1 N–H and O–H groups in total. The van der Waals surface area contributed by atoms with E-state index in [1.54, 1.807) is 11.3 Å². The first kappa shape index (κ1) is 14.7. The minimum atomic E-state index is 0.930. The molecular formula is C15H19BrN2S. The van der Waals surface area contributed by atoms with Crippen LogP contribution in [-0.4, -0.2) is 11.5 Å². The van der Waals surface area contributed by atoms with Crippen LogP contribution < -0.4 is 5.32 Å². The largest absolute Gasteiger partial charge is 0.312 e. The summed E-state index contributed by atoms with van der Waals surface area (Å²) in [5.74, 6) is 0. The van der Waals surface area contributed by atoms with Gasteiger partial charge in [0, 0.05) is 21.5 Å². The Labute approximate surface area is 127 Å². The smallest absolute Gasteiger partial charge is 0.125 e. The van der Waals surface area contributed by atoms with E-state index in [9.17, 15) is 0 Å². The van der Waals surface area contributed by atoms with Gasteiger partial charge in [-0.1, -0.05) is 48.0 Å². The van der Waals surface area contributed by atoms with Gasteiger partial charge in [0.05, 0.1) is 5.69 Å². The Kier molecular flexibility index (Phi) is 5.55. The predicted molar refractivity (Wildman–Crippen MR) is 86.6 cm³/mol. The van der Waals surface area contributed by atoms with Crippen LogP contribution in [0.3, 0.4) is 0 Å². The lowest BCUT2D eigenvalue weighted by molar-refractivity contribution is 0.677. The normalized spacial score (nSPS) is 10.9. The van der Waals surface area contributed by atoms with E-state index in [4.69, 9.17) is 4.98 Å². The zero-order valence-corrected chi connectivity index (χ0v) is 13.8. The lowest BCUT2D eigenvalue weighted by Crippen LogP contribution is -2.13. The van der Waals surface area contributed by atoms with Crippen LogP contribution in [0.5, 0.6) is 0 Å². The number of benzene rings is 1. The van der Waals surface area contributed by atoms with Crippen LogP contribution in [0.2, 0.25) is 0 Å². The molecule has 0 amide bonds. The third-order valence-corrected chi connectivity index (χ3v) is 4.75. The topological polar surface area (TPSA) is 24.9 Å². The molecule has 0 unspecified atom stereocenters. The molecule has 0 aliphatic heterocycles. The number of aryl methyl sites for hydroxylation is 1. The molecular weight excluding hydrogens is 320 g/mol. The van der Waals surface area contributed by atoms with E-state index in [1.165, 1.54) is 16.1 Å². The van der Waals surface area contributed by atoms with Gasteiger partial charge in [-0.2, -0.15) is 0 Å². The highest BCUT2D eigenvalue weighted by molar-refractivity contribution is 9.10. The molecule has 2 nitrogen and oxygen atoms in total. The van der Waals surface area contributed by atoms with Gasteiger partial charge >= 0.3 is 0 Å². The van der Waals surface area contributed by atoms with E-state index in [-0.39, 0.29) is 0 Å². The maximum absolute atomic E-state index is 4.79. The summed E-state index contributed by atoms with van der Waals surface area (Å²) in [6.45, 7) is 6.35. The molecule has 4 heteroatoms. The number of halogens is 1. The van der Waals surface area contributed by atoms with Crippen molar-refractivity contribution in [3.63, 3.8) is 0 Å². The maximum Gasteiger partial charge on any atom is 0.125 e. The molecule has 0 aliphatic carbocycles. The summed E-state index contributed by atoms with van der Waals surface area (Å²) in [5.41, 5.74) is 2.41. The number of nitrogens with zero attached hydrogens (tertiary/aromatic N) is 1. The lowest BCUT2D eigenvalue weighted by atomic mass is 10.2. The van der Waals surface area contributed by atoms with E-state index < -0.39 is 0 Å². The van der Waals surface area contributed by atoms with Crippen molar-refractivity contribution in [3.05, 3.63) is 39.3 Å². The van der Waals surface area contributed by atoms with E-state index in [1.807, 2.05) is 6.07 Å². The number of aromatic nitrogens is 1. The second-order valence-electron chi connectivity index (χ2n) is 4.40. The van der Waals surface area contributed by atoms with Crippen LogP contribution in [-0.2, 0) is 13.0 Å². The van der Waals surface area contributed by atoms with Crippen molar-refractivity contribution < 1.29 is 0 Å². The van der Waals surface area contributed by atoms with Crippen LogP contribution in [0.15, 0.2) is 28.7 Å². The van der Waals surface area contributed by atoms with Crippen LogP contribution >= 0.6 is 27.3 Å². The van der Waals surface area contributed by atoms with Crippen molar-refractivity contribution in [2.75, 3.05) is 6.54 Å². The van der Waals surface area contributed by atoms with Gasteiger partial charge in [-0.3, -0.25) is 0 Å². The summed E-state index contributed by atoms with van der Waals surface area (Å²) in [6.07, 6.45) is 2.15. The maximum atomic E-state index is 4.79. The Bertz CT molecular complexity index is 537. The fourth-order valence-electron chi connectivity index (χ4n) is 1.93.